The van der Waals surface area contributed by atoms with Crippen LogP contribution in [0.25, 0.3) is 22.1 Å². The lowest BCUT2D eigenvalue weighted by Gasteiger charge is -2.21. The number of carbonyl (C=O) groups is 2. The van der Waals surface area contributed by atoms with E-state index in [9.17, 15) is 14.7 Å². The molecular formula is C33H28N2O5. The number of phenols is 1. The molecule has 1 aliphatic heterocycles. The molecule has 0 unspecified atom stereocenters. The van der Waals surface area contributed by atoms with E-state index in [0.29, 0.717) is 30.0 Å². The Kier molecular flexibility index (Phi) is 7.02. The lowest BCUT2D eigenvalue weighted by molar-refractivity contribution is 0.0859. The molecule has 0 saturated carbocycles. The van der Waals surface area contributed by atoms with Crippen LogP contribution < -0.4 is 0 Å². The van der Waals surface area contributed by atoms with Crippen LogP contribution in [0.15, 0.2) is 108 Å². The minimum Gasteiger partial charge on any atom is -0.507 e. The van der Waals surface area contributed by atoms with Crippen molar-refractivity contribution in [1.82, 2.24) is 9.88 Å². The molecule has 200 valence electrons. The first-order chi connectivity index (χ1) is 19.6. The molecule has 0 aliphatic carbocycles. The van der Waals surface area contributed by atoms with Gasteiger partial charge in [0, 0.05) is 23.9 Å². The lowest BCUT2D eigenvalue weighted by Crippen LogP contribution is -2.32. The molecule has 1 fully saturated rings. The Balaban J connectivity index is 1.23. The van der Waals surface area contributed by atoms with E-state index in [0.717, 1.165) is 16.5 Å². The number of Topliss-reactive ketones (excluding diaryl/α,β-unsaturated/α-hetero) is 1. The van der Waals surface area contributed by atoms with Gasteiger partial charge in [-0.3, -0.25) is 9.69 Å². The second-order valence-electron chi connectivity index (χ2n) is 10.0. The average molecular weight is 533 g/mol. The summed E-state index contributed by atoms with van der Waals surface area (Å²) in [7, 11) is 0. The topological polar surface area (TPSA) is 92.9 Å². The molecule has 7 heteroatoms. The Bertz CT molecular complexity index is 1650. The number of hydrogen-bond acceptors (Lipinski definition) is 6. The van der Waals surface area contributed by atoms with Gasteiger partial charge in [0.15, 0.2) is 11.5 Å². The van der Waals surface area contributed by atoms with Gasteiger partial charge in [-0.05, 0) is 29.4 Å². The van der Waals surface area contributed by atoms with Crippen LogP contribution in [0.3, 0.4) is 0 Å². The summed E-state index contributed by atoms with van der Waals surface area (Å²) in [6.45, 7) is 0.444. The molecule has 7 nitrogen and oxygen atoms in total. The minimum atomic E-state index is -0.489. The van der Waals surface area contributed by atoms with E-state index in [-0.39, 0.29) is 36.0 Å². The van der Waals surface area contributed by atoms with E-state index in [2.05, 4.69) is 4.98 Å². The van der Waals surface area contributed by atoms with Gasteiger partial charge in [0.1, 0.15) is 18.4 Å². The molecular weight excluding hydrogens is 504 g/mol. The van der Waals surface area contributed by atoms with Crippen molar-refractivity contribution in [3.8, 4) is 17.1 Å². The Morgan fingerprint density at radius 2 is 1.65 bits per heavy atom. The maximum Gasteiger partial charge on any atom is 0.410 e. The first-order valence-corrected chi connectivity index (χ1v) is 13.3. The number of amides is 1. The van der Waals surface area contributed by atoms with Crippen molar-refractivity contribution in [1.29, 1.82) is 0 Å². The van der Waals surface area contributed by atoms with Gasteiger partial charge in [-0.25, -0.2) is 9.78 Å². The third-order valence-corrected chi connectivity index (χ3v) is 7.37. The van der Waals surface area contributed by atoms with Crippen LogP contribution in [-0.2, 0) is 11.3 Å². The maximum absolute atomic E-state index is 13.4. The number of ether oxygens (including phenoxy) is 1. The summed E-state index contributed by atoms with van der Waals surface area (Å²) in [4.78, 5) is 32.7. The molecule has 1 amide bonds. The zero-order valence-electron chi connectivity index (χ0n) is 21.8. The van der Waals surface area contributed by atoms with Crippen LogP contribution in [0.5, 0.6) is 5.75 Å². The van der Waals surface area contributed by atoms with Crippen molar-refractivity contribution in [2.45, 2.75) is 25.5 Å². The quantitative estimate of drug-likeness (QED) is 0.223. The number of hydrogen-bond donors (Lipinski definition) is 1. The van der Waals surface area contributed by atoms with E-state index < -0.39 is 12.1 Å². The summed E-state index contributed by atoms with van der Waals surface area (Å²) in [6.07, 6.45) is 1.81. The summed E-state index contributed by atoms with van der Waals surface area (Å²) in [5, 5.41) is 12.3. The molecule has 2 heterocycles. The van der Waals surface area contributed by atoms with Crippen LogP contribution in [0.1, 0.15) is 40.7 Å². The van der Waals surface area contributed by atoms with Crippen molar-refractivity contribution in [3.05, 3.63) is 120 Å². The van der Waals surface area contributed by atoms with Crippen molar-refractivity contribution >= 4 is 22.6 Å². The van der Waals surface area contributed by atoms with E-state index in [1.165, 1.54) is 0 Å². The fourth-order valence-corrected chi connectivity index (χ4v) is 5.34. The van der Waals surface area contributed by atoms with Crippen molar-refractivity contribution in [2.24, 2.45) is 5.92 Å². The van der Waals surface area contributed by atoms with E-state index in [1.54, 1.807) is 23.2 Å². The van der Waals surface area contributed by atoms with Crippen molar-refractivity contribution in [2.75, 3.05) is 6.54 Å². The molecule has 0 spiro atoms. The van der Waals surface area contributed by atoms with Gasteiger partial charge in [0.05, 0.1) is 11.8 Å². The minimum absolute atomic E-state index is 0.0167. The number of benzene rings is 4. The van der Waals surface area contributed by atoms with Gasteiger partial charge in [-0.1, -0.05) is 91.0 Å². The highest BCUT2D eigenvalue weighted by Gasteiger charge is 2.41. The summed E-state index contributed by atoms with van der Waals surface area (Å²) in [5.74, 6) is 0.647. The molecule has 2 atom stereocenters. The summed E-state index contributed by atoms with van der Waals surface area (Å²) >= 11 is 0. The molecule has 5 aromatic rings. The number of phenolic OH excluding ortho intramolecular Hbond substituents is 1. The van der Waals surface area contributed by atoms with Crippen LogP contribution in [0.4, 0.5) is 4.79 Å². The highest BCUT2D eigenvalue weighted by molar-refractivity contribution is 6.04. The van der Waals surface area contributed by atoms with Gasteiger partial charge in [0.2, 0.25) is 5.89 Å². The molecule has 40 heavy (non-hydrogen) atoms. The lowest BCUT2D eigenvalue weighted by atomic mass is 9.94. The zero-order chi connectivity index (χ0) is 27.5. The Labute approximate surface area is 231 Å². The second kappa shape index (κ2) is 11.1. The highest BCUT2D eigenvalue weighted by atomic mass is 16.6. The number of fused-ring (bicyclic) bond motifs is 1. The summed E-state index contributed by atoms with van der Waals surface area (Å²) in [5.41, 5.74) is 2.05. The number of oxazole rings is 1. The van der Waals surface area contributed by atoms with Crippen LogP contribution in [-0.4, -0.2) is 33.4 Å². The molecule has 0 radical (unpaired) electrons. The number of carbonyl (C=O) groups excluding carboxylic acids is 2. The molecule has 1 saturated heterocycles. The molecule has 6 rings (SSSR count). The van der Waals surface area contributed by atoms with Gasteiger partial charge in [-0.15, -0.1) is 0 Å². The normalized spacial score (nSPS) is 16.8. The third-order valence-electron chi connectivity index (χ3n) is 7.37. The molecule has 0 bridgehead atoms. The first kappa shape index (κ1) is 25.4. The fourth-order valence-electron chi connectivity index (χ4n) is 5.34. The number of likely N-dealkylation sites (tertiary alicyclic amines) is 1. The molecule has 1 aromatic heterocycles. The smallest absolute Gasteiger partial charge is 0.410 e. The van der Waals surface area contributed by atoms with Gasteiger partial charge >= 0.3 is 6.09 Å². The second-order valence-corrected chi connectivity index (χ2v) is 10.0. The van der Waals surface area contributed by atoms with Crippen molar-refractivity contribution < 1.29 is 23.8 Å². The van der Waals surface area contributed by atoms with Crippen LogP contribution in [0, 0.1) is 5.92 Å². The number of rotatable bonds is 7. The maximum atomic E-state index is 13.4. The third kappa shape index (κ3) is 5.18. The van der Waals surface area contributed by atoms with E-state index >= 15 is 0 Å². The Morgan fingerprint density at radius 3 is 2.45 bits per heavy atom. The predicted octanol–water partition coefficient (Wildman–Crippen LogP) is 7.17. The average Bonchev–Trinajstić information content (AvgIpc) is 3.65. The Hall–Kier alpha value is -4.91. The van der Waals surface area contributed by atoms with E-state index in [4.69, 9.17) is 9.15 Å². The fraction of sp³-hybridized carbons (Fsp3) is 0.182. The highest BCUT2D eigenvalue weighted by Crippen LogP contribution is 2.39. The van der Waals surface area contributed by atoms with Crippen molar-refractivity contribution in [3.63, 3.8) is 0 Å². The van der Waals surface area contributed by atoms with Gasteiger partial charge in [-0.2, -0.15) is 0 Å². The first-order valence-electron chi connectivity index (χ1n) is 13.3. The number of ketones is 1. The SMILES string of the molecule is O=C(C[C@H]1C[C@@H](c2ncc(-c3ccccc3)o2)N(C(=O)OCc2ccccc2)C1)c1ccc2ccccc2c1O. The van der Waals surface area contributed by atoms with Gasteiger partial charge in [0.25, 0.3) is 0 Å². The molecule has 1 aliphatic rings. The molecule has 4 aromatic carbocycles. The largest absolute Gasteiger partial charge is 0.507 e. The van der Waals surface area contributed by atoms with Crippen LogP contribution >= 0.6 is 0 Å². The van der Waals surface area contributed by atoms with Gasteiger partial charge < -0.3 is 14.3 Å². The zero-order valence-corrected chi connectivity index (χ0v) is 21.8. The number of aromatic hydroxyl groups is 1. The summed E-state index contributed by atoms with van der Waals surface area (Å²) < 4.78 is 11.8. The molecule has 1 N–H and O–H groups in total. The monoisotopic (exact) mass is 532 g/mol. The number of nitrogens with zero attached hydrogens (tertiary/aromatic N) is 2. The Morgan fingerprint density at radius 1 is 0.925 bits per heavy atom. The predicted molar refractivity (Wildman–Crippen MR) is 151 cm³/mol. The van der Waals surface area contributed by atoms with E-state index in [1.807, 2.05) is 84.9 Å². The van der Waals surface area contributed by atoms with Crippen LogP contribution in [0.2, 0.25) is 0 Å². The number of aromatic nitrogens is 1. The summed E-state index contributed by atoms with van der Waals surface area (Å²) in [6, 6.07) is 29.5. The standard InChI is InChI=1S/C33H28N2O5/c36-29(27-16-15-24-11-7-8-14-26(24)31(27)37)18-23-17-28(32-34-19-30(40-32)25-12-5-2-6-13-25)35(20-23)33(38)39-21-22-9-3-1-4-10-22/h1-16,19,23,28,37H,17-18,20-21H2/t23-,28+/m1/s1.